The molecule has 0 bridgehead atoms. The molecule has 0 fully saturated rings. The van der Waals surface area contributed by atoms with Crippen LogP contribution in [0.1, 0.15) is 21.0 Å². The third-order valence-electron chi connectivity index (χ3n) is 3.69. The maximum atomic E-state index is 12.0. The molecule has 0 aliphatic rings. The number of anilines is 1. The van der Waals surface area contributed by atoms with Gasteiger partial charge in [0, 0.05) is 22.5 Å². The lowest BCUT2D eigenvalue weighted by Crippen LogP contribution is -2.40. The largest absolute Gasteiger partial charge is 0.459 e. The molecule has 10 heteroatoms. The summed E-state index contributed by atoms with van der Waals surface area (Å²) in [4.78, 5) is 40.5. The van der Waals surface area contributed by atoms with Gasteiger partial charge in [0.05, 0.1) is 19.4 Å². The molecule has 0 aliphatic heterocycles. The molecule has 150 valence electrons. The van der Waals surface area contributed by atoms with Crippen molar-refractivity contribution in [3.63, 3.8) is 0 Å². The van der Waals surface area contributed by atoms with Gasteiger partial charge in [-0.3, -0.25) is 14.4 Å². The molecule has 0 aliphatic carbocycles. The number of thiazole rings is 1. The summed E-state index contributed by atoms with van der Waals surface area (Å²) < 4.78 is 4.92. The first-order chi connectivity index (χ1) is 14.0. The second kappa shape index (κ2) is 9.85. The third kappa shape index (κ3) is 6.44. The Hall–Kier alpha value is -3.17. The van der Waals surface area contributed by atoms with E-state index in [4.69, 9.17) is 16.0 Å². The van der Waals surface area contributed by atoms with Gasteiger partial charge in [0.1, 0.15) is 0 Å². The van der Waals surface area contributed by atoms with Crippen molar-refractivity contribution in [3.05, 3.63) is 70.1 Å². The summed E-state index contributed by atoms with van der Waals surface area (Å²) in [5.74, 6) is -1.31. The van der Waals surface area contributed by atoms with Gasteiger partial charge in [-0.25, -0.2) is 4.98 Å². The highest BCUT2D eigenvalue weighted by molar-refractivity contribution is 7.15. The van der Waals surface area contributed by atoms with Gasteiger partial charge in [-0.1, -0.05) is 23.7 Å². The summed E-state index contributed by atoms with van der Waals surface area (Å²) in [5.41, 5.74) is 1.08. The molecule has 0 unspecified atom stereocenters. The van der Waals surface area contributed by atoms with E-state index in [-0.39, 0.29) is 18.8 Å². The van der Waals surface area contributed by atoms with Crippen LogP contribution in [0.5, 0.6) is 0 Å². The highest BCUT2D eigenvalue weighted by atomic mass is 35.5. The number of aromatic nitrogens is 1. The molecular formula is C19H17ClN4O4S. The molecule has 0 saturated carbocycles. The minimum absolute atomic E-state index is 0.105. The van der Waals surface area contributed by atoms with Crippen LogP contribution in [0.3, 0.4) is 0 Å². The van der Waals surface area contributed by atoms with E-state index >= 15 is 0 Å². The normalized spacial score (nSPS) is 10.4. The second-order valence-corrected chi connectivity index (χ2v) is 7.47. The maximum Gasteiger partial charge on any atom is 0.287 e. The lowest BCUT2D eigenvalue weighted by Gasteiger charge is -2.06. The zero-order valence-electron chi connectivity index (χ0n) is 15.1. The Morgan fingerprint density at radius 3 is 2.52 bits per heavy atom. The topological polar surface area (TPSA) is 113 Å². The highest BCUT2D eigenvalue weighted by Crippen LogP contribution is 2.21. The standard InChI is InChI=1S/C19H17ClN4O4S/c20-13-5-3-12(4-6-13)8-14-9-23-19(29-14)24-17(26)11-21-16(25)10-22-18(27)15-2-1-7-28-15/h1-7,9H,8,10-11H2,(H,21,25)(H,22,27)(H,23,24,26). The summed E-state index contributed by atoms with van der Waals surface area (Å²) in [6.45, 7) is -0.503. The fourth-order valence-corrected chi connectivity index (χ4v) is 3.30. The maximum absolute atomic E-state index is 12.0. The summed E-state index contributed by atoms with van der Waals surface area (Å²) in [6.07, 6.45) is 3.73. The minimum atomic E-state index is -0.509. The van der Waals surface area contributed by atoms with Crippen LogP contribution in [0.15, 0.2) is 53.3 Å². The SMILES string of the molecule is O=C(CNC(=O)c1ccco1)NCC(=O)Nc1ncc(Cc2ccc(Cl)cc2)s1. The Morgan fingerprint density at radius 1 is 1.03 bits per heavy atom. The zero-order valence-corrected chi connectivity index (χ0v) is 16.7. The number of furan rings is 1. The number of amides is 3. The fourth-order valence-electron chi connectivity index (χ4n) is 2.31. The van der Waals surface area contributed by atoms with Crippen molar-refractivity contribution in [1.82, 2.24) is 15.6 Å². The van der Waals surface area contributed by atoms with Crippen molar-refractivity contribution < 1.29 is 18.8 Å². The Balaban J connectivity index is 1.39. The van der Waals surface area contributed by atoms with Crippen molar-refractivity contribution in [2.75, 3.05) is 18.4 Å². The molecule has 2 aromatic heterocycles. The molecule has 3 amide bonds. The monoisotopic (exact) mass is 432 g/mol. The quantitative estimate of drug-likeness (QED) is 0.506. The van der Waals surface area contributed by atoms with Crippen LogP contribution in [0.25, 0.3) is 0 Å². The number of halogens is 1. The van der Waals surface area contributed by atoms with Crippen LogP contribution >= 0.6 is 22.9 Å². The number of nitrogens with zero attached hydrogens (tertiary/aromatic N) is 1. The fraction of sp³-hybridized carbons (Fsp3) is 0.158. The van der Waals surface area contributed by atoms with Gasteiger partial charge in [0.2, 0.25) is 11.8 Å². The van der Waals surface area contributed by atoms with Crippen LogP contribution in [-0.2, 0) is 16.0 Å². The molecule has 1 aromatic carbocycles. The van der Waals surface area contributed by atoms with Gasteiger partial charge >= 0.3 is 0 Å². The van der Waals surface area contributed by atoms with E-state index < -0.39 is 17.7 Å². The first-order valence-electron chi connectivity index (χ1n) is 8.57. The third-order valence-corrected chi connectivity index (χ3v) is 4.86. The summed E-state index contributed by atoms with van der Waals surface area (Å²) in [7, 11) is 0. The van der Waals surface area contributed by atoms with Gasteiger partial charge in [-0.05, 0) is 29.8 Å². The predicted octanol–water partition coefficient (Wildman–Crippen LogP) is 2.47. The van der Waals surface area contributed by atoms with E-state index in [1.165, 1.54) is 23.7 Å². The molecule has 0 spiro atoms. The highest BCUT2D eigenvalue weighted by Gasteiger charge is 2.12. The molecule has 3 N–H and O–H groups in total. The predicted molar refractivity (Wildman–Crippen MR) is 109 cm³/mol. The first kappa shape index (κ1) is 20.6. The summed E-state index contributed by atoms with van der Waals surface area (Å²) >= 11 is 7.23. The van der Waals surface area contributed by atoms with Crippen molar-refractivity contribution in [3.8, 4) is 0 Å². The lowest BCUT2D eigenvalue weighted by atomic mass is 10.1. The number of benzene rings is 1. The molecule has 8 nitrogen and oxygen atoms in total. The van der Waals surface area contributed by atoms with E-state index in [1.807, 2.05) is 24.3 Å². The molecule has 3 aromatic rings. The average molecular weight is 433 g/mol. The van der Waals surface area contributed by atoms with Crippen molar-refractivity contribution in [1.29, 1.82) is 0 Å². The number of carbonyl (C=O) groups excluding carboxylic acids is 3. The smallest absolute Gasteiger partial charge is 0.287 e. The Labute approximate surface area is 175 Å². The summed E-state index contributed by atoms with van der Waals surface area (Å²) in [5, 5.41) is 8.57. The van der Waals surface area contributed by atoms with E-state index in [9.17, 15) is 14.4 Å². The molecule has 3 rings (SSSR count). The molecule has 0 atom stereocenters. The van der Waals surface area contributed by atoms with Crippen molar-refractivity contribution >= 4 is 45.8 Å². The van der Waals surface area contributed by atoms with E-state index in [2.05, 4.69) is 20.9 Å². The molecule has 0 saturated heterocycles. The van der Waals surface area contributed by atoms with Gasteiger partial charge in [-0.2, -0.15) is 0 Å². The van der Waals surface area contributed by atoms with Gasteiger partial charge < -0.3 is 20.4 Å². The van der Waals surface area contributed by atoms with Gasteiger partial charge in [-0.15, -0.1) is 11.3 Å². The lowest BCUT2D eigenvalue weighted by molar-refractivity contribution is -0.123. The zero-order chi connectivity index (χ0) is 20.6. The number of rotatable bonds is 8. The number of hydrogen-bond donors (Lipinski definition) is 3. The van der Waals surface area contributed by atoms with Crippen molar-refractivity contribution in [2.45, 2.75) is 6.42 Å². The van der Waals surface area contributed by atoms with Crippen LogP contribution in [0.2, 0.25) is 5.02 Å². The van der Waals surface area contributed by atoms with Crippen LogP contribution in [0.4, 0.5) is 5.13 Å². The molecular weight excluding hydrogens is 416 g/mol. The van der Waals surface area contributed by atoms with Crippen LogP contribution in [0, 0.1) is 0 Å². The minimum Gasteiger partial charge on any atom is -0.459 e. The Kier molecular flexibility index (Phi) is 6.99. The second-order valence-electron chi connectivity index (χ2n) is 5.92. The molecule has 2 heterocycles. The first-order valence-corrected chi connectivity index (χ1v) is 9.76. The summed E-state index contributed by atoms with van der Waals surface area (Å²) in [6, 6.07) is 10.6. The van der Waals surface area contributed by atoms with Crippen LogP contribution < -0.4 is 16.0 Å². The molecule has 0 radical (unpaired) electrons. The van der Waals surface area contributed by atoms with E-state index in [0.29, 0.717) is 16.6 Å². The van der Waals surface area contributed by atoms with Crippen molar-refractivity contribution in [2.24, 2.45) is 0 Å². The Morgan fingerprint density at radius 2 is 1.79 bits per heavy atom. The number of nitrogens with one attached hydrogen (secondary N) is 3. The molecule has 29 heavy (non-hydrogen) atoms. The Bertz CT molecular complexity index is 986. The van der Waals surface area contributed by atoms with Gasteiger partial charge in [0.15, 0.2) is 10.9 Å². The van der Waals surface area contributed by atoms with Crippen LogP contribution in [-0.4, -0.2) is 35.8 Å². The van der Waals surface area contributed by atoms with E-state index in [0.717, 1.165) is 10.4 Å². The number of carbonyl (C=O) groups is 3. The number of hydrogen-bond acceptors (Lipinski definition) is 6. The average Bonchev–Trinajstić information content (AvgIpc) is 3.39. The van der Waals surface area contributed by atoms with Gasteiger partial charge in [0.25, 0.3) is 5.91 Å². The van der Waals surface area contributed by atoms with E-state index in [1.54, 1.807) is 12.3 Å².